The number of carboxylic acid groups (broad SMARTS) is 1. The van der Waals surface area contributed by atoms with E-state index in [1.165, 1.54) is 0 Å². The number of hydrogen-bond donors (Lipinski definition) is 6. The molecule has 4 rings (SSSR count). The largest absolute Gasteiger partial charge is 0.480 e. The molecular weight excluding hydrogens is 638 g/mol. The zero-order valence-electron chi connectivity index (χ0n) is 28.8. The van der Waals surface area contributed by atoms with Crippen LogP contribution in [-0.2, 0) is 38.3 Å². The number of ketones is 2. The van der Waals surface area contributed by atoms with Gasteiger partial charge in [-0.3, -0.25) is 28.8 Å². The quantitative estimate of drug-likeness (QED) is 0.141. The Balaban J connectivity index is 1.31. The number of nitrogens with one attached hydrogen (secondary N) is 2. The van der Waals surface area contributed by atoms with E-state index in [0.717, 1.165) is 18.4 Å². The van der Waals surface area contributed by atoms with Gasteiger partial charge in [-0.1, -0.05) is 33.3 Å². The molecule has 0 aliphatic heterocycles. The van der Waals surface area contributed by atoms with Crippen molar-refractivity contribution in [1.82, 2.24) is 10.6 Å². The van der Waals surface area contributed by atoms with Crippen LogP contribution < -0.4 is 16.4 Å². The predicted octanol–water partition coefficient (Wildman–Crippen LogP) is 1.09. The van der Waals surface area contributed by atoms with Gasteiger partial charge in [0.05, 0.1) is 12.5 Å². The van der Waals surface area contributed by atoms with Gasteiger partial charge < -0.3 is 36.4 Å². The lowest BCUT2D eigenvalue weighted by Gasteiger charge is -2.60. The molecule has 0 radical (unpaired) electrons. The maximum Gasteiger partial charge on any atom is 0.326 e. The summed E-state index contributed by atoms with van der Waals surface area (Å²) in [5.41, 5.74) is 3.10. The molecule has 0 spiro atoms. The molecule has 0 heterocycles. The number of fused-ring (bicyclic) bond motifs is 5. The van der Waals surface area contributed by atoms with Gasteiger partial charge in [0.25, 0.3) is 0 Å². The fourth-order valence-corrected chi connectivity index (χ4v) is 9.29. The summed E-state index contributed by atoms with van der Waals surface area (Å²) in [6.07, 6.45) is 3.24. The van der Waals surface area contributed by atoms with Gasteiger partial charge in [-0.25, -0.2) is 4.79 Å². The lowest BCUT2D eigenvalue weighted by molar-refractivity contribution is -0.184. The first kappa shape index (κ1) is 38.2. The molecule has 3 amide bonds. The molecule has 0 saturated heterocycles. The third kappa shape index (κ3) is 7.59. The van der Waals surface area contributed by atoms with Crippen molar-refractivity contribution in [3.8, 4) is 0 Å². The number of amides is 3. The topological polar surface area (TPSA) is 239 Å². The summed E-state index contributed by atoms with van der Waals surface area (Å²) in [5.74, 6) is -5.46. The van der Waals surface area contributed by atoms with Crippen LogP contribution in [0.25, 0.3) is 0 Å². The number of carbonyl (C=O) groups is 7. The highest BCUT2D eigenvalue weighted by Gasteiger charge is 2.68. The van der Waals surface area contributed by atoms with Gasteiger partial charge in [-0.05, 0) is 80.1 Å². The van der Waals surface area contributed by atoms with E-state index >= 15 is 0 Å². The number of primary amides is 1. The monoisotopic (exact) mass is 689 g/mol. The normalized spacial score (nSPS) is 33.2. The van der Waals surface area contributed by atoms with Crippen LogP contribution in [0.3, 0.4) is 0 Å². The number of aliphatic hydroxyl groups is 2. The Labute approximate surface area is 286 Å². The highest BCUT2D eigenvalue weighted by atomic mass is 16.5. The summed E-state index contributed by atoms with van der Waals surface area (Å²) in [5, 5.41) is 37.6. The molecule has 272 valence electrons. The standard InChI is InChI=1S/C35H51N3O11/c1-18(2)30(31(45)37-23(32(46)47)7-8-26(36)42)38-27(43)9-10-28(44)49-17-25(41)35(48)14-12-22-21-6-5-19-15-20(39)11-13-33(19,3)29(21)24(40)16-34(22,35)4/h15,18,21-24,29-30,40,48H,5-14,16-17H2,1-4H3,(H2,36,42)(H,37,45)(H,38,43)(H,46,47)/t21-,22+,23-,24+,29+,30+,33+,34+,35+/m1/s1. The van der Waals surface area contributed by atoms with Gasteiger partial charge in [0.2, 0.25) is 23.5 Å². The number of allylic oxidation sites excluding steroid dienone is 1. The number of aliphatic hydroxyl groups excluding tert-OH is 1. The number of esters is 1. The lowest BCUT2D eigenvalue weighted by Crippen LogP contribution is -2.62. The molecule has 0 aromatic rings. The second-order valence-corrected chi connectivity index (χ2v) is 15.3. The molecule has 0 bridgehead atoms. The minimum Gasteiger partial charge on any atom is -0.480 e. The third-order valence-electron chi connectivity index (χ3n) is 12.0. The fraction of sp³-hybridized carbons (Fsp3) is 0.743. The first-order valence-corrected chi connectivity index (χ1v) is 17.3. The fourth-order valence-electron chi connectivity index (χ4n) is 9.29. The predicted molar refractivity (Wildman–Crippen MR) is 173 cm³/mol. The van der Waals surface area contributed by atoms with Crippen LogP contribution in [0.2, 0.25) is 0 Å². The summed E-state index contributed by atoms with van der Waals surface area (Å²) in [4.78, 5) is 86.2. The van der Waals surface area contributed by atoms with Gasteiger partial charge in [-0.2, -0.15) is 0 Å². The van der Waals surface area contributed by atoms with E-state index in [0.29, 0.717) is 19.3 Å². The molecule has 49 heavy (non-hydrogen) atoms. The minimum atomic E-state index is -1.82. The molecule has 0 unspecified atom stereocenters. The van der Waals surface area contributed by atoms with E-state index in [1.807, 2.05) is 6.92 Å². The zero-order chi connectivity index (χ0) is 36.5. The van der Waals surface area contributed by atoms with E-state index in [1.54, 1.807) is 19.9 Å². The van der Waals surface area contributed by atoms with Crippen molar-refractivity contribution in [2.75, 3.05) is 6.61 Å². The van der Waals surface area contributed by atoms with Crippen LogP contribution in [0.5, 0.6) is 0 Å². The Bertz CT molecular complexity index is 1410. The Morgan fingerprint density at radius 2 is 1.71 bits per heavy atom. The van der Waals surface area contributed by atoms with E-state index in [9.17, 15) is 48.9 Å². The average molecular weight is 690 g/mol. The molecule has 9 atom stereocenters. The van der Waals surface area contributed by atoms with Gasteiger partial charge in [0.15, 0.2) is 12.4 Å². The Hall–Kier alpha value is -3.65. The number of rotatable bonds is 14. The number of carbonyl (C=O) groups excluding carboxylic acids is 6. The summed E-state index contributed by atoms with van der Waals surface area (Å²) in [7, 11) is 0. The van der Waals surface area contributed by atoms with Gasteiger partial charge in [-0.15, -0.1) is 0 Å². The van der Waals surface area contributed by atoms with E-state index in [4.69, 9.17) is 10.5 Å². The smallest absolute Gasteiger partial charge is 0.326 e. The summed E-state index contributed by atoms with van der Waals surface area (Å²) >= 11 is 0. The van der Waals surface area contributed by atoms with Crippen molar-refractivity contribution in [2.24, 2.45) is 40.2 Å². The molecule has 7 N–H and O–H groups in total. The van der Waals surface area contributed by atoms with Crippen molar-refractivity contribution in [1.29, 1.82) is 0 Å². The molecular formula is C35H51N3O11. The molecule has 14 heteroatoms. The van der Waals surface area contributed by atoms with E-state index in [-0.39, 0.29) is 61.1 Å². The Kier molecular flexibility index (Phi) is 11.4. The van der Waals surface area contributed by atoms with Crippen LogP contribution in [0, 0.1) is 34.5 Å². The third-order valence-corrected chi connectivity index (χ3v) is 12.0. The van der Waals surface area contributed by atoms with Crippen molar-refractivity contribution < 1.29 is 53.6 Å². The molecule has 14 nitrogen and oxygen atoms in total. The van der Waals surface area contributed by atoms with Crippen LogP contribution in [-0.4, -0.2) is 86.9 Å². The highest BCUT2D eigenvalue weighted by Crippen LogP contribution is 2.67. The Morgan fingerprint density at radius 1 is 1.02 bits per heavy atom. The summed E-state index contributed by atoms with van der Waals surface area (Å²) in [6.45, 7) is 6.53. The number of aliphatic carboxylic acids is 1. The summed E-state index contributed by atoms with van der Waals surface area (Å²) < 4.78 is 5.20. The van der Waals surface area contributed by atoms with Crippen LogP contribution in [0.4, 0.5) is 0 Å². The van der Waals surface area contributed by atoms with Crippen LogP contribution in [0.1, 0.15) is 98.3 Å². The number of nitrogens with two attached hydrogens (primary N) is 1. The molecule has 4 aliphatic rings. The molecule has 0 aromatic heterocycles. The number of carboxylic acids is 1. The maximum absolute atomic E-state index is 13.5. The SMILES string of the molecule is CC(C)[C@H](NC(=O)CCC(=O)OCC(=O)[C@@]1(O)CC[C@H]2[C@H]3CCC4=CC(=O)CC[C@]4(C)[C@@H]3[C@@H](O)C[C@@]21C)C(=O)N[C@H](CCC(N)=O)C(=O)O. The molecule has 4 aliphatic carbocycles. The lowest BCUT2D eigenvalue weighted by atomic mass is 9.45. The van der Waals surface area contributed by atoms with Gasteiger partial charge in [0.1, 0.15) is 17.7 Å². The second-order valence-electron chi connectivity index (χ2n) is 15.3. The van der Waals surface area contributed by atoms with Gasteiger partial charge >= 0.3 is 11.9 Å². The van der Waals surface area contributed by atoms with Crippen LogP contribution in [0.15, 0.2) is 11.6 Å². The minimum absolute atomic E-state index is 0.0368. The molecule has 0 aromatic carbocycles. The number of hydrogen-bond acceptors (Lipinski definition) is 10. The average Bonchev–Trinajstić information content (AvgIpc) is 3.29. The van der Waals surface area contributed by atoms with Crippen LogP contribution >= 0.6 is 0 Å². The first-order valence-electron chi connectivity index (χ1n) is 17.3. The zero-order valence-corrected chi connectivity index (χ0v) is 28.8. The first-order chi connectivity index (χ1) is 22.8. The number of Topliss-reactive ketones (excluding diaryl/α,β-unsaturated/α-hetero) is 1. The number of ether oxygens (including phenoxy) is 1. The van der Waals surface area contributed by atoms with E-state index < -0.39 is 83.6 Å². The van der Waals surface area contributed by atoms with Gasteiger partial charge in [0, 0.05) is 24.7 Å². The maximum atomic E-state index is 13.5. The Morgan fingerprint density at radius 3 is 2.35 bits per heavy atom. The van der Waals surface area contributed by atoms with Crippen molar-refractivity contribution in [2.45, 2.75) is 122 Å². The highest BCUT2D eigenvalue weighted by molar-refractivity contribution is 5.93. The molecule has 3 saturated carbocycles. The van der Waals surface area contributed by atoms with Crippen molar-refractivity contribution >= 4 is 41.2 Å². The van der Waals surface area contributed by atoms with E-state index in [2.05, 4.69) is 17.6 Å². The molecule has 3 fully saturated rings. The van der Waals surface area contributed by atoms with Crippen molar-refractivity contribution in [3.05, 3.63) is 11.6 Å². The summed E-state index contributed by atoms with van der Waals surface area (Å²) in [6, 6.07) is -2.53. The second kappa shape index (κ2) is 14.7. The van der Waals surface area contributed by atoms with Crippen molar-refractivity contribution in [3.63, 3.8) is 0 Å².